The van der Waals surface area contributed by atoms with Crippen LogP contribution >= 0.6 is 0 Å². The highest BCUT2D eigenvalue weighted by Gasteiger charge is 2.24. The summed E-state index contributed by atoms with van der Waals surface area (Å²) in [5.41, 5.74) is 5.19. The fourth-order valence-electron chi connectivity index (χ4n) is 2.50. The molecule has 2 aliphatic rings. The van der Waals surface area contributed by atoms with Crippen LogP contribution in [0.15, 0.2) is 0 Å². The Bertz CT molecular complexity index is 307. The maximum absolute atomic E-state index is 11.9. The number of nitrogens with one attached hydrogen (secondary N) is 1. The SMILES string of the molecule is NC(=O)CC1CCN(C(=O)CCNC2CC2)CC1. The van der Waals surface area contributed by atoms with Gasteiger partial charge in [-0.3, -0.25) is 9.59 Å². The molecule has 18 heavy (non-hydrogen) atoms. The summed E-state index contributed by atoms with van der Waals surface area (Å²) in [6, 6.07) is 0.666. The molecule has 1 aliphatic carbocycles. The summed E-state index contributed by atoms with van der Waals surface area (Å²) in [7, 11) is 0. The van der Waals surface area contributed by atoms with E-state index in [0.717, 1.165) is 32.5 Å². The van der Waals surface area contributed by atoms with E-state index in [1.165, 1.54) is 12.8 Å². The lowest BCUT2D eigenvalue weighted by atomic mass is 9.93. The van der Waals surface area contributed by atoms with E-state index in [9.17, 15) is 9.59 Å². The van der Waals surface area contributed by atoms with Crippen LogP contribution in [0.4, 0.5) is 0 Å². The van der Waals surface area contributed by atoms with Gasteiger partial charge in [-0.2, -0.15) is 0 Å². The molecule has 2 rings (SSSR count). The normalized spacial score (nSPS) is 21.0. The number of likely N-dealkylation sites (tertiary alicyclic amines) is 1. The second-order valence-electron chi connectivity index (χ2n) is 5.47. The molecule has 102 valence electrons. The topological polar surface area (TPSA) is 75.4 Å². The minimum absolute atomic E-state index is 0.228. The number of carbonyl (C=O) groups is 2. The third-order valence-electron chi connectivity index (χ3n) is 3.81. The van der Waals surface area contributed by atoms with Crippen molar-refractivity contribution in [2.24, 2.45) is 11.7 Å². The molecule has 5 nitrogen and oxygen atoms in total. The van der Waals surface area contributed by atoms with E-state index in [1.807, 2.05) is 4.90 Å². The van der Waals surface area contributed by atoms with E-state index in [0.29, 0.717) is 24.8 Å². The maximum atomic E-state index is 11.9. The van der Waals surface area contributed by atoms with E-state index in [1.54, 1.807) is 0 Å². The molecule has 2 amide bonds. The van der Waals surface area contributed by atoms with Crippen LogP contribution in [0, 0.1) is 5.92 Å². The molecule has 1 aliphatic heterocycles. The van der Waals surface area contributed by atoms with Gasteiger partial charge in [-0.1, -0.05) is 0 Å². The highest BCUT2D eigenvalue weighted by Crippen LogP contribution is 2.21. The Balaban J connectivity index is 1.61. The summed E-state index contributed by atoms with van der Waals surface area (Å²) >= 11 is 0. The van der Waals surface area contributed by atoms with Gasteiger partial charge in [0.25, 0.3) is 0 Å². The van der Waals surface area contributed by atoms with Crippen molar-refractivity contribution < 1.29 is 9.59 Å². The Labute approximate surface area is 108 Å². The van der Waals surface area contributed by atoms with Crippen molar-refractivity contribution in [1.82, 2.24) is 10.2 Å². The van der Waals surface area contributed by atoms with Crippen LogP contribution in [0.5, 0.6) is 0 Å². The molecule has 2 fully saturated rings. The predicted octanol–water partition coefficient (Wildman–Crippen LogP) is 0.242. The third-order valence-corrected chi connectivity index (χ3v) is 3.81. The Kier molecular flexibility index (Phi) is 4.58. The monoisotopic (exact) mass is 253 g/mol. The molecular formula is C13H23N3O2. The zero-order valence-electron chi connectivity index (χ0n) is 10.9. The molecule has 1 saturated carbocycles. The number of hydrogen-bond donors (Lipinski definition) is 2. The predicted molar refractivity (Wildman–Crippen MR) is 68.8 cm³/mol. The second-order valence-corrected chi connectivity index (χ2v) is 5.47. The zero-order valence-corrected chi connectivity index (χ0v) is 10.9. The Morgan fingerprint density at radius 2 is 1.83 bits per heavy atom. The van der Waals surface area contributed by atoms with E-state index in [4.69, 9.17) is 5.73 Å². The van der Waals surface area contributed by atoms with Crippen molar-refractivity contribution in [3.63, 3.8) is 0 Å². The Morgan fingerprint density at radius 3 is 2.39 bits per heavy atom. The Hall–Kier alpha value is -1.10. The molecule has 0 aromatic heterocycles. The van der Waals surface area contributed by atoms with Gasteiger partial charge in [-0.15, -0.1) is 0 Å². The largest absolute Gasteiger partial charge is 0.370 e. The van der Waals surface area contributed by atoms with Crippen LogP contribution in [-0.2, 0) is 9.59 Å². The van der Waals surface area contributed by atoms with Crippen LogP contribution < -0.4 is 11.1 Å². The lowest BCUT2D eigenvalue weighted by molar-refractivity contribution is -0.132. The molecule has 1 heterocycles. The number of nitrogens with zero attached hydrogens (tertiary/aromatic N) is 1. The smallest absolute Gasteiger partial charge is 0.223 e. The van der Waals surface area contributed by atoms with Gasteiger partial charge in [0, 0.05) is 38.5 Å². The van der Waals surface area contributed by atoms with Crippen molar-refractivity contribution in [3.05, 3.63) is 0 Å². The van der Waals surface area contributed by atoms with E-state index in [2.05, 4.69) is 5.32 Å². The minimum Gasteiger partial charge on any atom is -0.370 e. The third kappa shape index (κ3) is 4.29. The van der Waals surface area contributed by atoms with Gasteiger partial charge in [-0.25, -0.2) is 0 Å². The van der Waals surface area contributed by atoms with Gasteiger partial charge in [0.1, 0.15) is 0 Å². The van der Waals surface area contributed by atoms with Crippen LogP contribution in [0.2, 0.25) is 0 Å². The molecular weight excluding hydrogens is 230 g/mol. The first-order valence-corrected chi connectivity index (χ1v) is 6.94. The highest BCUT2D eigenvalue weighted by atomic mass is 16.2. The summed E-state index contributed by atoms with van der Waals surface area (Å²) in [4.78, 5) is 24.7. The minimum atomic E-state index is -0.228. The van der Waals surface area contributed by atoms with Gasteiger partial charge in [-0.05, 0) is 31.6 Å². The standard InChI is InChI=1S/C13H23N3O2/c14-12(17)9-10-4-7-16(8-5-10)13(18)3-6-15-11-1-2-11/h10-11,15H,1-9H2,(H2,14,17). The van der Waals surface area contributed by atoms with Gasteiger partial charge in [0.2, 0.25) is 11.8 Å². The first kappa shape index (κ1) is 13.3. The van der Waals surface area contributed by atoms with Gasteiger partial charge in [0.05, 0.1) is 0 Å². The number of hydrogen-bond acceptors (Lipinski definition) is 3. The van der Waals surface area contributed by atoms with Gasteiger partial charge < -0.3 is 16.0 Å². The summed E-state index contributed by atoms with van der Waals surface area (Å²) < 4.78 is 0. The highest BCUT2D eigenvalue weighted by molar-refractivity contribution is 5.76. The van der Waals surface area contributed by atoms with Crippen molar-refractivity contribution in [2.45, 2.75) is 44.6 Å². The zero-order chi connectivity index (χ0) is 13.0. The average Bonchev–Trinajstić information content (AvgIpc) is 3.13. The van der Waals surface area contributed by atoms with Crippen molar-refractivity contribution >= 4 is 11.8 Å². The number of primary amides is 1. The molecule has 0 aromatic carbocycles. The van der Waals surface area contributed by atoms with E-state index in [-0.39, 0.29) is 11.8 Å². The lowest BCUT2D eigenvalue weighted by Gasteiger charge is -2.31. The van der Waals surface area contributed by atoms with E-state index >= 15 is 0 Å². The number of rotatable bonds is 6. The molecule has 5 heteroatoms. The molecule has 1 saturated heterocycles. The summed E-state index contributed by atoms with van der Waals surface area (Å²) in [6.07, 6.45) is 5.39. The quantitative estimate of drug-likeness (QED) is 0.712. The number of amides is 2. The average molecular weight is 253 g/mol. The van der Waals surface area contributed by atoms with Crippen molar-refractivity contribution in [3.8, 4) is 0 Å². The number of carbonyl (C=O) groups excluding carboxylic acids is 2. The number of nitrogens with two attached hydrogens (primary N) is 1. The van der Waals surface area contributed by atoms with Crippen molar-refractivity contribution in [1.29, 1.82) is 0 Å². The molecule has 3 N–H and O–H groups in total. The first-order chi connectivity index (χ1) is 8.65. The summed E-state index contributed by atoms with van der Waals surface area (Å²) in [5.74, 6) is 0.380. The second kappa shape index (κ2) is 6.18. The maximum Gasteiger partial charge on any atom is 0.223 e. The van der Waals surface area contributed by atoms with Crippen LogP contribution in [-0.4, -0.2) is 42.4 Å². The van der Waals surface area contributed by atoms with Crippen LogP contribution in [0.25, 0.3) is 0 Å². The molecule has 0 bridgehead atoms. The Morgan fingerprint density at radius 1 is 1.17 bits per heavy atom. The molecule has 0 radical (unpaired) electrons. The first-order valence-electron chi connectivity index (χ1n) is 6.94. The molecule has 0 aromatic rings. The lowest BCUT2D eigenvalue weighted by Crippen LogP contribution is -2.40. The van der Waals surface area contributed by atoms with Crippen LogP contribution in [0.1, 0.15) is 38.5 Å². The fourth-order valence-corrected chi connectivity index (χ4v) is 2.50. The molecule has 0 atom stereocenters. The molecule has 0 unspecified atom stereocenters. The van der Waals surface area contributed by atoms with E-state index < -0.39 is 0 Å². The number of piperidine rings is 1. The van der Waals surface area contributed by atoms with Crippen LogP contribution in [0.3, 0.4) is 0 Å². The van der Waals surface area contributed by atoms with Gasteiger partial charge >= 0.3 is 0 Å². The summed E-state index contributed by atoms with van der Waals surface area (Å²) in [6.45, 7) is 2.35. The fraction of sp³-hybridized carbons (Fsp3) is 0.846. The summed E-state index contributed by atoms with van der Waals surface area (Å²) in [5, 5.41) is 3.35. The van der Waals surface area contributed by atoms with Gasteiger partial charge in [0.15, 0.2) is 0 Å². The molecule has 0 spiro atoms. The van der Waals surface area contributed by atoms with Crippen molar-refractivity contribution in [2.75, 3.05) is 19.6 Å².